The Kier molecular flexibility index (Phi) is 6.53. The summed E-state index contributed by atoms with van der Waals surface area (Å²) in [5.41, 5.74) is 0. The molecule has 0 saturated carbocycles. The molecule has 1 heterocycles. The summed E-state index contributed by atoms with van der Waals surface area (Å²) in [6.45, 7) is 0. The van der Waals surface area contributed by atoms with Gasteiger partial charge in [0.05, 0.1) is 0 Å². The summed E-state index contributed by atoms with van der Waals surface area (Å²) in [5, 5.41) is 8.09. The Bertz CT molecular complexity index is 500. The number of halogens is 13. The van der Waals surface area contributed by atoms with Crippen LogP contribution in [0.4, 0.5) is 57.1 Å². The minimum Gasteiger partial charge on any atom is -1.00 e. The van der Waals surface area contributed by atoms with Crippen LogP contribution >= 0.6 is 0 Å². The maximum Gasteiger partial charge on any atom is 1.00 e. The summed E-state index contributed by atoms with van der Waals surface area (Å²) >= 11 is 0. The van der Waals surface area contributed by atoms with Gasteiger partial charge in [-0.1, -0.05) is 0 Å². The van der Waals surface area contributed by atoms with Gasteiger partial charge in [-0.05, 0) is 0 Å². The second-order valence-electron chi connectivity index (χ2n) is 4.32. The fourth-order valence-corrected chi connectivity index (χ4v) is 1.53. The largest absolute Gasteiger partial charge is 1.00 e. The second-order valence-corrected chi connectivity index (χ2v) is 4.32. The van der Waals surface area contributed by atoms with Gasteiger partial charge in [0, 0.05) is 0 Å². The second kappa shape index (κ2) is 6.54. The first-order chi connectivity index (χ1) is 10.3. The maximum absolute atomic E-state index is 13.6. The topological polar surface area (TPSA) is 38.7 Å². The average molecular weight is 418 g/mol. The van der Waals surface area contributed by atoms with Crippen LogP contribution in [0.2, 0.25) is 0 Å². The molecule has 0 spiro atoms. The molecular formula is C8H4F13NaO3. The summed E-state index contributed by atoms with van der Waals surface area (Å²) in [4.78, 5) is 0. The van der Waals surface area contributed by atoms with Crippen LogP contribution in [0.5, 0.6) is 0 Å². The molecule has 3 nitrogen and oxygen atoms in total. The standard InChI is InChI=1S/C8H3F13O3.Na.H/c9-1(10)3(13,14)5(17)8(20,21)24-6(23-5,7(18,19)22)4(15,16)2(11)12;;/h1-2,22H;;/q;+1;-1. The molecule has 17 heteroatoms. The first kappa shape index (κ1) is 25.0. The van der Waals surface area contributed by atoms with Crippen LogP contribution in [0.3, 0.4) is 0 Å². The molecule has 146 valence electrons. The van der Waals surface area contributed by atoms with E-state index in [1.807, 2.05) is 0 Å². The van der Waals surface area contributed by atoms with Gasteiger partial charge in [-0.2, -0.15) is 39.5 Å². The molecule has 0 aromatic rings. The molecule has 0 aliphatic carbocycles. The number of ether oxygens (including phenoxy) is 2. The van der Waals surface area contributed by atoms with E-state index in [-0.39, 0.29) is 31.0 Å². The summed E-state index contributed by atoms with van der Waals surface area (Å²) in [6.07, 6.45) is -24.3. The van der Waals surface area contributed by atoms with Crippen molar-refractivity contribution in [2.45, 2.75) is 48.6 Å². The van der Waals surface area contributed by atoms with Gasteiger partial charge in [-0.25, -0.2) is 17.6 Å². The summed E-state index contributed by atoms with van der Waals surface area (Å²) in [6, 6.07) is 0. The van der Waals surface area contributed by atoms with Crippen LogP contribution < -0.4 is 29.6 Å². The van der Waals surface area contributed by atoms with Crippen molar-refractivity contribution >= 4 is 0 Å². The normalized spacial score (nSPS) is 30.7. The Labute approximate surface area is 151 Å². The number of alkyl halides is 13. The average Bonchev–Trinajstić information content (AvgIpc) is 2.58. The molecular weight excluding hydrogens is 414 g/mol. The van der Waals surface area contributed by atoms with Crippen molar-refractivity contribution < 1.29 is 103 Å². The molecule has 1 rings (SSSR count). The van der Waals surface area contributed by atoms with Crippen LogP contribution in [0.25, 0.3) is 0 Å². The number of hydrogen-bond acceptors (Lipinski definition) is 3. The molecule has 2 unspecified atom stereocenters. The van der Waals surface area contributed by atoms with Crippen molar-refractivity contribution in [1.82, 2.24) is 0 Å². The zero-order valence-electron chi connectivity index (χ0n) is 12.3. The monoisotopic (exact) mass is 418 g/mol. The van der Waals surface area contributed by atoms with Gasteiger partial charge in [-0.3, -0.25) is 9.47 Å². The van der Waals surface area contributed by atoms with E-state index in [9.17, 15) is 57.1 Å². The first-order valence-electron chi connectivity index (χ1n) is 5.19. The number of aliphatic hydroxyl groups is 1. The zero-order chi connectivity index (χ0) is 19.6. The number of rotatable bonds is 5. The smallest absolute Gasteiger partial charge is 1.00 e. The molecule has 0 aromatic carbocycles. The zero-order valence-corrected chi connectivity index (χ0v) is 13.3. The van der Waals surface area contributed by atoms with Gasteiger partial charge < -0.3 is 6.53 Å². The van der Waals surface area contributed by atoms with E-state index >= 15 is 0 Å². The van der Waals surface area contributed by atoms with Gasteiger partial charge in [0.15, 0.2) is 0 Å². The van der Waals surface area contributed by atoms with Gasteiger partial charge >= 0.3 is 78.1 Å². The predicted molar refractivity (Wildman–Crippen MR) is 43.9 cm³/mol. The third-order valence-corrected chi connectivity index (χ3v) is 2.74. The quantitative estimate of drug-likeness (QED) is 0.522. The SMILES string of the molecule is OC(F)(F)C1(C(F)(F)C(F)F)OC(F)(F)C(F)(C(F)(F)C(F)F)O1.[H-].[Na+]. The summed E-state index contributed by atoms with van der Waals surface area (Å²) in [7, 11) is 0. The Balaban J connectivity index is 0. The van der Waals surface area contributed by atoms with Crippen LogP contribution in [0, 0.1) is 0 Å². The molecule has 0 aromatic heterocycles. The summed E-state index contributed by atoms with van der Waals surface area (Å²) < 4.78 is 170. The third-order valence-electron chi connectivity index (χ3n) is 2.74. The Morgan fingerprint density at radius 3 is 1.40 bits per heavy atom. The van der Waals surface area contributed by atoms with E-state index in [1.165, 1.54) is 0 Å². The van der Waals surface area contributed by atoms with Gasteiger partial charge in [0.25, 0.3) is 0 Å². The van der Waals surface area contributed by atoms with Crippen molar-refractivity contribution in [3.05, 3.63) is 0 Å². The molecule has 0 bridgehead atoms. The summed E-state index contributed by atoms with van der Waals surface area (Å²) in [5.74, 6) is -26.7. The van der Waals surface area contributed by atoms with E-state index in [0.29, 0.717) is 0 Å². The Hall–Kier alpha value is -0.0300. The fourth-order valence-electron chi connectivity index (χ4n) is 1.53. The van der Waals surface area contributed by atoms with Gasteiger partial charge in [0.1, 0.15) is 0 Å². The van der Waals surface area contributed by atoms with E-state index in [2.05, 4.69) is 9.47 Å². The minimum absolute atomic E-state index is 0. The molecule has 1 saturated heterocycles. The Morgan fingerprint density at radius 2 is 1.12 bits per heavy atom. The minimum atomic E-state index is -6.79. The van der Waals surface area contributed by atoms with E-state index in [4.69, 9.17) is 5.11 Å². The maximum atomic E-state index is 13.6. The third kappa shape index (κ3) is 3.22. The van der Waals surface area contributed by atoms with Crippen LogP contribution in [0.15, 0.2) is 0 Å². The molecule has 1 fully saturated rings. The molecule has 0 radical (unpaired) electrons. The molecule has 0 amide bonds. The predicted octanol–water partition coefficient (Wildman–Crippen LogP) is 0.490. The molecule has 1 aliphatic heterocycles. The van der Waals surface area contributed by atoms with Crippen LogP contribution in [-0.2, 0) is 9.47 Å². The van der Waals surface area contributed by atoms with Crippen molar-refractivity contribution in [2.24, 2.45) is 0 Å². The number of hydrogen-bond donors (Lipinski definition) is 1. The molecule has 25 heavy (non-hydrogen) atoms. The molecule has 1 N–H and O–H groups in total. The fraction of sp³-hybridized carbons (Fsp3) is 1.00. The van der Waals surface area contributed by atoms with Crippen molar-refractivity contribution in [3.8, 4) is 0 Å². The Morgan fingerprint density at radius 1 is 0.760 bits per heavy atom. The van der Waals surface area contributed by atoms with Crippen LogP contribution in [-0.4, -0.2) is 53.7 Å². The van der Waals surface area contributed by atoms with Crippen molar-refractivity contribution in [2.75, 3.05) is 0 Å². The van der Waals surface area contributed by atoms with E-state index < -0.39 is 48.6 Å². The molecule has 1 aliphatic rings. The van der Waals surface area contributed by atoms with E-state index in [1.54, 1.807) is 0 Å². The molecule has 2 atom stereocenters. The van der Waals surface area contributed by atoms with Gasteiger partial charge in [0.2, 0.25) is 0 Å². The van der Waals surface area contributed by atoms with E-state index in [0.717, 1.165) is 0 Å². The first-order valence-corrected chi connectivity index (χ1v) is 5.19. The van der Waals surface area contributed by atoms with Crippen LogP contribution in [0.1, 0.15) is 1.43 Å². The van der Waals surface area contributed by atoms with Gasteiger partial charge in [-0.15, -0.1) is 0 Å². The van der Waals surface area contributed by atoms with Crippen molar-refractivity contribution in [3.63, 3.8) is 0 Å². The van der Waals surface area contributed by atoms with Crippen molar-refractivity contribution in [1.29, 1.82) is 0 Å².